The summed E-state index contributed by atoms with van der Waals surface area (Å²) in [6.07, 6.45) is 5.27. The fourth-order valence-corrected chi connectivity index (χ4v) is 2.90. The van der Waals surface area contributed by atoms with Gasteiger partial charge in [-0.3, -0.25) is 0 Å². The average molecular weight is 309 g/mol. The van der Waals surface area contributed by atoms with E-state index in [0.717, 1.165) is 15.4 Å². The van der Waals surface area contributed by atoms with E-state index in [0.29, 0.717) is 0 Å². The lowest BCUT2D eigenvalue weighted by Crippen LogP contribution is -2.27. The molecule has 0 radical (unpaired) electrons. The molecule has 0 aliphatic rings. The minimum Gasteiger partial charge on any atom is -0.212 e. The lowest BCUT2D eigenvalue weighted by molar-refractivity contribution is 0.535. The number of terminal acetylenes is 1. The van der Waals surface area contributed by atoms with Crippen molar-refractivity contribution in [2.45, 2.75) is 11.8 Å². The van der Waals surface area contributed by atoms with Crippen LogP contribution in [0.3, 0.4) is 0 Å². The second-order valence-corrected chi connectivity index (χ2v) is 6.49. The maximum atomic E-state index is 12.6. The summed E-state index contributed by atoms with van der Waals surface area (Å²) >= 11 is 0. The summed E-state index contributed by atoms with van der Waals surface area (Å²) in [5, 5.41) is 0. The lowest BCUT2D eigenvalue weighted by atomic mass is 10.2. The third-order valence-electron chi connectivity index (χ3n) is 2.94. The molecule has 2 rings (SSSR count). The molecule has 0 N–H and O–H groups in total. The SMILES string of the molecule is C#CCN(C#Cc1ccccc1)S(=O)(=O)c1ccc(C)cc1. The molecule has 0 heterocycles. The molecule has 0 aliphatic carbocycles. The van der Waals surface area contributed by atoms with Crippen molar-refractivity contribution >= 4 is 10.0 Å². The molecule has 0 saturated heterocycles. The highest BCUT2D eigenvalue weighted by Crippen LogP contribution is 2.15. The first-order chi connectivity index (χ1) is 10.5. The Morgan fingerprint density at radius 3 is 2.27 bits per heavy atom. The van der Waals surface area contributed by atoms with Crippen LogP contribution in [-0.2, 0) is 10.0 Å². The third kappa shape index (κ3) is 3.69. The molecule has 0 saturated carbocycles. The van der Waals surface area contributed by atoms with Crippen molar-refractivity contribution in [3.05, 3.63) is 65.7 Å². The zero-order chi connectivity index (χ0) is 16.0. The number of sulfonamides is 1. The van der Waals surface area contributed by atoms with Crippen molar-refractivity contribution in [3.63, 3.8) is 0 Å². The molecule has 110 valence electrons. The predicted octanol–water partition coefficient (Wildman–Crippen LogP) is 2.63. The van der Waals surface area contributed by atoms with Gasteiger partial charge in [-0.15, -0.1) is 6.42 Å². The van der Waals surface area contributed by atoms with Gasteiger partial charge in [0.05, 0.1) is 4.90 Å². The fraction of sp³-hybridized carbons (Fsp3) is 0.111. The maximum absolute atomic E-state index is 12.6. The van der Waals surface area contributed by atoms with Crippen molar-refractivity contribution in [3.8, 4) is 24.3 Å². The van der Waals surface area contributed by atoms with Crippen LogP contribution in [0.4, 0.5) is 0 Å². The summed E-state index contributed by atoms with van der Waals surface area (Å²) in [6, 6.07) is 18.4. The molecule has 2 aromatic carbocycles. The smallest absolute Gasteiger partial charge is 0.212 e. The first-order valence-corrected chi connectivity index (χ1v) is 8.07. The van der Waals surface area contributed by atoms with E-state index in [-0.39, 0.29) is 11.4 Å². The van der Waals surface area contributed by atoms with Crippen molar-refractivity contribution in [1.29, 1.82) is 0 Å². The monoisotopic (exact) mass is 309 g/mol. The Hall–Kier alpha value is -2.69. The minimum atomic E-state index is -3.73. The van der Waals surface area contributed by atoms with E-state index in [4.69, 9.17) is 6.42 Å². The van der Waals surface area contributed by atoms with Crippen LogP contribution in [0.2, 0.25) is 0 Å². The van der Waals surface area contributed by atoms with Crippen molar-refractivity contribution in [2.24, 2.45) is 0 Å². The van der Waals surface area contributed by atoms with Crippen LogP contribution < -0.4 is 0 Å². The molecule has 0 unspecified atom stereocenters. The van der Waals surface area contributed by atoms with E-state index in [1.165, 1.54) is 0 Å². The fourth-order valence-electron chi connectivity index (χ4n) is 1.75. The summed E-state index contributed by atoms with van der Waals surface area (Å²) in [5.74, 6) is 5.15. The first-order valence-electron chi connectivity index (χ1n) is 6.63. The van der Waals surface area contributed by atoms with E-state index in [2.05, 4.69) is 17.9 Å². The number of hydrogen-bond donors (Lipinski definition) is 0. The van der Waals surface area contributed by atoms with Crippen LogP contribution in [0, 0.1) is 31.2 Å². The van der Waals surface area contributed by atoms with Crippen LogP contribution in [0.15, 0.2) is 59.5 Å². The molecular weight excluding hydrogens is 294 g/mol. The average Bonchev–Trinajstić information content (AvgIpc) is 2.52. The van der Waals surface area contributed by atoms with Gasteiger partial charge in [-0.1, -0.05) is 41.8 Å². The van der Waals surface area contributed by atoms with Crippen LogP contribution in [0.25, 0.3) is 0 Å². The van der Waals surface area contributed by atoms with E-state index >= 15 is 0 Å². The molecule has 0 fully saturated rings. The molecule has 0 atom stereocenters. The van der Waals surface area contributed by atoms with Gasteiger partial charge in [-0.05, 0) is 37.1 Å². The highest BCUT2D eigenvalue weighted by atomic mass is 32.2. The van der Waals surface area contributed by atoms with Gasteiger partial charge in [0.1, 0.15) is 6.54 Å². The van der Waals surface area contributed by atoms with Gasteiger partial charge in [-0.2, -0.15) is 0 Å². The van der Waals surface area contributed by atoms with E-state index in [1.54, 1.807) is 36.4 Å². The van der Waals surface area contributed by atoms with Gasteiger partial charge < -0.3 is 0 Å². The Kier molecular flexibility index (Phi) is 4.88. The molecule has 0 amide bonds. The van der Waals surface area contributed by atoms with Crippen molar-refractivity contribution in [1.82, 2.24) is 4.31 Å². The second-order valence-electron chi connectivity index (χ2n) is 4.63. The number of nitrogens with zero attached hydrogens (tertiary/aromatic N) is 1. The first kappa shape index (κ1) is 15.7. The normalized spacial score (nSPS) is 10.2. The summed E-state index contributed by atoms with van der Waals surface area (Å²) in [5.41, 5.74) is 1.71. The second kappa shape index (κ2) is 6.85. The Bertz CT molecular complexity index is 836. The zero-order valence-corrected chi connectivity index (χ0v) is 13.0. The quantitative estimate of drug-likeness (QED) is 0.645. The number of benzene rings is 2. The Labute approximate surface area is 131 Å². The topological polar surface area (TPSA) is 37.4 Å². The third-order valence-corrected chi connectivity index (χ3v) is 4.61. The van der Waals surface area contributed by atoms with Crippen molar-refractivity contribution in [2.75, 3.05) is 6.54 Å². The Balaban J connectivity index is 2.37. The van der Waals surface area contributed by atoms with E-state index < -0.39 is 10.0 Å². The standard InChI is InChI=1S/C18H15NO2S/c1-3-14-19(15-13-17-7-5-4-6-8-17)22(20,21)18-11-9-16(2)10-12-18/h1,4-12H,14H2,2H3. The molecule has 4 heteroatoms. The van der Waals surface area contributed by atoms with Gasteiger partial charge >= 0.3 is 0 Å². The van der Waals surface area contributed by atoms with Gasteiger partial charge in [0.25, 0.3) is 10.0 Å². The van der Waals surface area contributed by atoms with Crippen LogP contribution >= 0.6 is 0 Å². The molecule has 0 aliphatic heterocycles. The van der Waals surface area contributed by atoms with Gasteiger partial charge in [0, 0.05) is 11.6 Å². The molecule has 3 nitrogen and oxygen atoms in total. The van der Waals surface area contributed by atoms with Crippen LogP contribution in [-0.4, -0.2) is 19.3 Å². The highest BCUT2D eigenvalue weighted by molar-refractivity contribution is 7.89. The number of aryl methyl sites for hydroxylation is 1. The van der Waals surface area contributed by atoms with Crippen LogP contribution in [0.1, 0.15) is 11.1 Å². The molecule has 22 heavy (non-hydrogen) atoms. The maximum Gasteiger partial charge on any atom is 0.271 e. The summed E-state index contributed by atoms with van der Waals surface area (Å²) in [4.78, 5) is 0.177. The Morgan fingerprint density at radius 1 is 1.05 bits per heavy atom. The number of hydrogen-bond acceptors (Lipinski definition) is 2. The van der Waals surface area contributed by atoms with Gasteiger partial charge in [0.2, 0.25) is 0 Å². The Morgan fingerprint density at radius 2 is 1.68 bits per heavy atom. The zero-order valence-electron chi connectivity index (χ0n) is 12.2. The molecular formula is C18H15NO2S. The minimum absolute atomic E-state index is 0.101. The lowest BCUT2D eigenvalue weighted by Gasteiger charge is -2.15. The van der Waals surface area contributed by atoms with Crippen LogP contribution in [0.5, 0.6) is 0 Å². The highest BCUT2D eigenvalue weighted by Gasteiger charge is 2.21. The predicted molar refractivity (Wildman–Crippen MR) is 87.2 cm³/mol. The van der Waals surface area contributed by atoms with Crippen molar-refractivity contribution < 1.29 is 8.42 Å². The summed E-state index contributed by atoms with van der Waals surface area (Å²) in [7, 11) is -3.73. The molecule has 0 spiro atoms. The molecule has 2 aromatic rings. The van der Waals surface area contributed by atoms with Gasteiger partial charge in [0.15, 0.2) is 0 Å². The van der Waals surface area contributed by atoms with E-state index in [1.807, 2.05) is 25.1 Å². The summed E-state index contributed by atoms with van der Waals surface area (Å²) < 4.78 is 26.2. The van der Waals surface area contributed by atoms with E-state index in [9.17, 15) is 8.42 Å². The largest absolute Gasteiger partial charge is 0.271 e. The van der Waals surface area contributed by atoms with Gasteiger partial charge in [-0.25, -0.2) is 12.7 Å². The number of rotatable bonds is 3. The molecule has 0 bridgehead atoms. The summed E-state index contributed by atoms with van der Waals surface area (Å²) in [6.45, 7) is 1.79. The molecule has 0 aromatic heterocycles.